The van der Waals surface area contributed by atoms with E-state index in [1.54, 1.807) is 11.9 Å². The van der Waals surface area contributed by atoms with E-state index in [0.29, 0.717) is 0 Å². The summed E-state index contributed by atoms with van der Waals surface area (Å²) >= 11 is 0. The summed E-state index contributed by atoms with van der Waals surface area (Å²) in [7, 11) is 1.79. The van der Waals surface area contributed by atoms with E-state index in [1.807, 2.05) is 32.0 Å². The van der Waals surface area contributed by atoms with E-state index in [0.717, 1.165) is 29.7 Å². The molecule has 0 aliphatic heterocycles. The quantitative estimate of drug-likeness (QED) is 0.800. The SMILES string of the molecule is Cc1ccc(N(C)CC(=O)c2c(N)n(C3CC3)c(=O)[nH]c2=O)c(C)c1. The highest BCUT2D eigenvalue weighted by molar-refractivity contribution is 6.02. The van der Waals surface area contributed by atoms with Crippen LogP contribution >= 0.6 is 0 Å². The Morgan fingerprint density at radius 2 is 2.00 bits per heavy atom. The number of Topliss-reactive ketones (excluding diaryl/α,β-unsaturated/α-hetero) is 1. The van der Waals surface area contributed by atoms with Crippen molar-refractivity contribution in [3.8, 4) is 0 Å². The van der Waals surface area contributed by atoms with Gasteiger partial charge in [-0.1, -0.05) is 17.7 Å². The van der Waals surface area contributed by atoms with E-state index in [9.17, 15) is 14.4 Å². The topological polar surface area (TPSA) is 101 Å². The van der Waals surface area contributed by atoms with Crippen LogP contribution in [0.2, 0.25) is 0 Å². The van der Waals surface area contributed by atoms with E-state index >= 15 is 0 Å². The number of nitrogens with one attached hydrogen (secondary N) is 1. The highest BCUT2D eigenvalue weighted by Crippen LogP contribution is 2.35. The standard InChI is InChI=1S/C18H22N4O3/c1-10-4-7-13(11(2)8-10)21(3)9-14(23)15-16(19)22(12-5-6-12)18(25)20-17(15)24/h4,7-8,12H,5-6,9,19H2,1-3H3,(H,20,24,25). The lowest BCUT2D eigenvalue weighted by atomic mass is 10.1. The Kier molecular flexibility index (Phi) is 4.24. The minimum Gasteiger partial charge on any atom is -0.384 e. The Hall–Kier alpha value is -2.83. The lowest BCUT2D eigenvalue weighted by molar-refractivity contribution is 0.0999. The molecule has 3 N–H and O–H groups in total. The second-order valence-electron chi connectivity index (χ2n) is 6.69. The fourth-order valence-corrected chi connectivity index (χ4v) is 3.14. The zero-order valence-corrected chi connectivity index (χ0v) is 14.6. The van der Waals surface area contributed by atoms with Crippen molar-refractivity contribution >= 4 is 17.3 Å². The third-order valence-electron chi connectivity index (χ3n) is 4.52. The van der Waals surface area contributed by atoms with Gasteiger partial charge < -0.3 is 10.6 Å². The first-order valence-electron chi connectivity index (χ1n) is 8.25. The number of carbonyl (C=O) groups excluding carboxylic acids is 1. The number of anilines is 2. The van der Waals surface area contributed by atoms with Crippen molar-refractivity contribution in [2.75, 3.05) is 24.2 Å². The van der Waals surface area contributed by atoms with Gasteiger partial charge >= 0.3 is 5.69 Å². The predicted molar refractivity (Wildman–Crippen MR) is 97.5 cm³/mol. The van der Waals surface area contributed by atoms with Crippen LogP contribution in [0.25, 0.3) is 0 Å². The maximum absolute atomic E-state index is 12.7. The molecule has 0 atom stereocenters. The number of hydrogen-bond donors (Lipinski definition) is 2. The number of ketones is 1. The number of carbonyl (C=O) groups is 1. The van der Waals surface area contributed by atoms with Gasteiger partial charge in [0, 0.05) is 18.8 Å². The van der Waals surface area contributed by atoms with E-state index in [-0.39, 0.29) is 24.0 Å². The molecule has 1 aliphatic carbocycles. The van der Waals surface area contributed by atoms with Crippen molar-refractivity contribution in [3.05, 3.63) is 55.7 Å². The van der Waals surface area contributed by atoms with Gasteiger partial charge in [-0.2, -0.15) is 0 Å². The van der Waals surface area contributed by atoms with Gasteiger partial charge in [0.25, 0.3) is 5.56 Å². The van der Waals surface area contributed by atoms with Crippen molar-refractivity contribution < 1.29 is 4.79 Å². The monoisotopic (exact) mass is 342 g/mol. The normalized spacial score (nSPS) is 13.7. The molecule has 0 bridgehead atoms. The number of nitrogens with two attached hydrogens (primary N) is 1. The van der Waals surface area contributed by atoms with Crippen molar-refractivity contribution in [3.63, 3.8) is 0 Å². The summed E-state index contributed by atoms with van der Waals surface area (Å²) in [5, 5.41) is 0. The molecule has 0 unspecified atom stereocenters. The number of benzene rings is 1. The number of aryl methyl sites for hydroxylation is 2. The van der Waals surface area contributed by atoms with Gasteiger partial charge in [0.1, 0.15) is 11.4 Å². The van der Waals surface area contributed by atoms with Gasteiger partial charge in [-0.05, 0) is 38.3 Å². The fourth-order valence-electron chi connectivity index (χ4n) is 3.14. The maximum atomic E-state index is 12.7. The summed E-state index contributed by atoms with van der Waals surface area (Å²) in [4.78, 5) is 40.8. The van der Waals surface area contributed by atoms with Gasteiger partial charge in [0.15, 0.2) is 5.78 Å². The van der Waals surface area contributed by atoms with Crippen LogP contribution in [0.3, 0.4) is 0 Å². The molecule has 7 nitrogen and oxygen atoms in total. The molecule has 25 heavy (non-hydrogen) atoms. The van der Waals surface area contributed by atoms with E-state index < -0.39 is 17.0 Å². The number of nitrogen functional groups attached to an aromatic ring is 1. The molecule has 3 rings (SSSR count). The molecule has 0 spiro atoms. The van der Waals surface area contributed by atoms with Crippen LogP contribution < -0.4 is 21.9 Å². The summed E-state index contributed by atoms with van der Waals surface area (Å²) in [5.41, 5.74) is 7.67. The molecule has 1 saturated carbocycles. The highest BCUT2D eigenvalue weighted by Gasteiger charge is 2.30. The first kappa shape index (κ1) is 17.0. The molecule has 1 heterocycles. The third kappa shape index (κ3) is 3.22. The van der Waals surface area contributed by atoms with Gasteiger partial charge in [0.2, 0.25) is 0 Å². The molecule has 0 saturated heterocycles. The smallest absolute Gasteiger partial charge is 0.330 e. The first-order chi connectivity index (χ1) is 11.8. The number of rotatable bonds is 5. The number of aromatic nitrogens is 2. The number of nitrogens with zero attached hydrogens (tertiary/aromatic N) is 2. The Balaban J connectivity index is 1.92. The summed E-state index contributed by atoms with van der Waals surface area (Å²) in [6, 6.07) is 5.92. The minimum atomic E-state index is -0.724. The van der Waals surface area contributed by atoms with Crippen LogP contribution in [0.4, 0.5) is 11.5 Å². The molecule has 0 radical (unpaired) electrons. The first-order valence-corrected chi connectivity index (χ1v) is 8.25. The number of aromatic amines is 1. The lowest BCUT2D eigenvalue weighted by Crippen LogP contribution is -2.38. The van der Waals surface area contributed by atoms with Crippen LogP contribution in [0.15, 0.2) is 27.8 Å². The van der Waals surface area contributed by atoms with E-state index in [4.69, 9.17) is 5.73 Å². The molecule has 0 amide bonds. The summed E-state index contributed by atoms with van der Waals surface area (Å²) < 4.78 is 1.33. The van der Waals surface area contributed by atoms with Crippen LogP contribution in [0.5, 0.6) is 0 Å². The highest BCUT2D eigenvalue weighted by atomic mass is 16.2. The Morgan fingerprint density at radius 3 is 2.60 bits per heavy atom. The Bertz CT molecular complexity index is 954. The molecular formula is C18H22N4O3. The number of H-pyrrole nitrogens is 1. The minimum absolute atomic E-state index is 0.0000510. The zero-order chi connectivity index (χ0) is 18.3. The number of hydrogen-bond acceptors (Lipinski definition) is 5. The van der Waals surface area contributed by atoms with Crippen molar-refractivity contribution in [1.29, 1.82) is 0 Å². The average molecular weight is 342 g/mol. The molecule has 132 valence electrons. The van der Waals surface area contributed by atoms with Crippen molar-refractivity contribution in [1.82, 2.24) is 9.55 Å². The largest absolute Gasteiger partial charge is 0.384 e. The van der Waals surface area contributed by atoms with Crippen LogP contribution in [0, 0.1) is 13.8 Å². The third-order valence-corrected chi connectivity index (χ3v) is 4.52. The van der Waals surface area contributed by atoms with E-state index in [2.05, 4.69) is 4.98 Å². The van der Waals surface area contributed by atoms with Gasteiger partial charge in [0.05, 0.1) is 6.54 Å². The maximum Gasteiger partial charge on any atom is 0.330 e. The molecule has 1 aromatic heterocycles. The molecule has 1 fully saturated rings. The fraction of sp³-hybridized carbons (Fsp3) is 0.389. The summed E-state index contributed by atoms with van der Waals surface area (Å²) in [5.74, 6) is -0.439. The van der Waals surface area contributed by atoms with E-state index in [1.165, 1.54) is 4.57 Å². The molecule has 2 aromatic rings. The molecule has 1 aromatic carbocycles. The lowest BCUT2D eigenvalue weighted by Gasteiger charge is -2.21. The van der Waals surface area contributed by atoms with Gasteiger partial charge in [-0.25, -0.2) is 4.79 Å². The molecular weight excluding hydrogens is 320 g/mol. The molecule has 7 heteroatoms. The summed E-state index contributed by atoms with van der Waals surface area (Å²) in [6.45, 7) is 3.97. The van der Waals surface area contributed by atoms with Crippen LogP contribution in [0.1, 0.15) is 40.4 Å². The second-order valence-corrected chi connectivity index (χ2v) is 6.69. The summed E-state index contributed by atoms with van der Waals surface area (Å²) in [6.07, 6.45) is 1.65. The van der Waals surface area contributed by atoms with Crippen LogP contribution in [-0.2, 0) is 0 Å². The number of likely N-dealkylation sites (N-methyl/N-ethyl adjacent to an activating group) is 1. The second kappa shape index (κ2) is 6.23. The van der Waals surface area contributed by atoms with Crippen molar-refractivity contribution in [2.45, 2.75) is 32.7 Å². The Labute approximate surface area is 145 Å². The zero-order valence-electron chi connectivity index (χ0n) is 14.6. The Morgan fingerprint density at radius 1 is 1.32 bits per heavy atom. The van der Waals surface area contributed by atoms with Gasteiger partial charge in [-0.15, -0.1) is 0 Å². The van der Waals surface area contributed by atoms with Gasteiger partial charge in [-0.3, -0.25) is 19.1 Å². The van der Waals surface area contributed by atoms with Crippen molar-refractivity contribution in [2.24, 2.45) is 0 Å². The van der Waals surface area contributed by atoms with Crippen LogP contribution in [-0.4, -0.2) is 28.9 Å². The predicted octanol–water partition coefficient (Wildman–Crippen LogP) is 1.39. The average Bonchev–Trinajstić information content (AvgIpc) is 3.30. The molecule has 1 aliphatic rings.